The number of likely N-dealkylation sites (N-methyl/N-ethyl adjacent to an activating group) is 1. The molecule has 1 aromatic rings. The van der Waals surface area contributed by atoms with E-state index in [0.717, 1.165) is 6.42 Å². The molecule has 1 aliphatic carbocycles. The zero-order valence-electron chi connectivity index (χ0n) is 11.6. The second-order valence-corrected chi connectivity index (χ2v) is 5.19. The summed E-state index contributed by atoms with van der Waals surface area (Å²) < 4.78 is 2.29. The van der Waals surface area contributed by atoms with Crippen LogP contribution in [0.1, 0.15) is 55.6 Å². The minimum atomic E-state index is 0.549. The van der Waals surface area contributed by atoms with Crippen molar-refractivity contribution >= 4 is 0 Å². The third-order valence-corrected chi connectivity index (χ3v) is 4.24. The molecule has 0 bridgehead atoms. The van der Waals surface area contributed by atoms with Crippen molar-refractivity contribution < 1.29 is 0 Å². The number of hydrogen-bond donors (Lipinski definition) is 1. The van der Waals surface area contributed by atoms with Crippen molar-refractivity contribution in [3.63, 3.8) is 0 Å². The standard InChI is InChI=1S/C14H25N3/c1-5-12-10(2)16-17(11(12)3)14-9-7-6-8-13(14)15-4/h13-15H,5-9H2,1-4H3. The van der Waals surface area contributed by atoms with Crippen LogP contribution in [-0.2, 0) is 6.42 Å². The first kappa shape index (κ1) is 12.6. The molecule has 1 heterocycles. The van der Waals surface area contributed by atoms with Crippen LogP contribution in [0.2, 0.25) is 0 Å². The second kappa shape index (κ2) is 5.21. The number of aromatic nitrogens is 2. The Morgan fingerprint density at radius 1 is 1.29 bits per heavy atom. The van der Waals surface area contributed by atoms with Gasteiger partial charge in [-0.2, -0.15) is 5.10 Å². The predicted octanol–water partition coefficient (Wildman–Crippen LogP) is 2.77. The Kier molecular flexibility index (Phi) is 3.87. The lowest BCUT2D eigenvalue weighted by molar-refractivity contribution is 0.253. The summed E-state index contributed by atoms with van der Waals surface area (Å²) in [5.74, 6) is 0. The Morgan fingerprint density at radius 2 is 2.00 bits per heavy atom. The summed E-state index contributed by atoms with van der Waals surface area (Å²) in [6, 6.07) is 1.14. The van der Waals surface area contributed by atoms with Gasteiger partial charge in [-0.05, 0) is 45.7 Å². The molecule has 1 aliphatic rings. The van der Waals surface area contributed by atoms with Crippen molar-refractivity contribution in [2.45, 2.75) is 65.0 Å². The van der Waals surface area contributed by atoms with Gasteiger partial charge in [0.15, 0.2) is 0 Å². The molecule has 0 amide bonds. The van der Waals surface area contributed by atoms with Gasteiger partial charge in [0.1, 0.15) is 0 Å². The smallest absolute Gasteiger partial charge is 0.0675 e. The molecule has 1 saturated carbocycles. The van der Waals surface area contributed by atoms with Crippen LogP contribution in [0, 0.1) is 13.8 Å². The van der Waals surface area contributed by atoms with Gasteiger partial charge in [-0.25, -0.2) is 0 Å². The van der Waals surface area contributed by atoms with Crippen LogP contribution in [0.5, 0.6) is 0 Å². The Morgan fingerprint density at radius 3 is 2.59 bits per heavy atom. The molecule has 1 N–H and O–H groups in total. The first-order chi connectivity index (χ1) is 8.19. The highest BCUT2D eigenvalue weighted by Gasteiger charge is 2.27. The maximum absolute atomic E-state index is 4.78. The van der Waals surface area contributed by atoms with Crippen molar-refractivity contribution in [1.82, 2.24) is 15.1 Å². The largest absolute Gasteiger partial charge is 0.315 e. The van der Waals surface area contributed by atoms with Crippen LogP contribution >= 0.6 is 0 Å². The van der Waals surface area contributed by atoms with Gasteiger partial charge in [0.25, 0.3) is 0 Å². The molecular formula is C14H25N3. The van der Waals surface area contributed by atoms with E-state index in [-0.39, 0.29) is 0 Å². The molecule has 3 nitrogen and oxygen atoms in total. The van der Waals surface area contributed by atoms with Gasteiger partial charge < -0.3 is 5.32 Å². The fourth-order valence-electron chi connectivity index (χ4n) is 3.27. The number of nitrogens with one attached hydrogen (secondary N) is 1. The molecule has 96 valence electrons. The average Bonchev–Trinajstić information content (AvgIpc) is 2.64. The lowest BCUT2D eigenvalue weighted by Gasteiger charge is -2.32. The van der Waals surface area contributed by atoms with E-state index in [4.69, 9.17) is 5.10 Å². The van der Waals surface area contributed by atoms with Crippen LogP contribution in [0.15, 0.2) is 0 Å². The summed E-state index contributed by atoms with van der Waals surface area (Å²) in [6.45, 7) is 6.58. The maximum Gasteiger partial charge on any atom is 0.0675 e. The second-order valence-electron chi connectivity index (χ2n) is 5.19. The Hall–Kier alpha value is -0.830. The van der Waals surface area contributed by atoms with Gasteiger partial charge >= 0.3 is 0 Å². The van der Waals surface area contributed by atoms with Crippen molar-refractivity contribution in [3.8, 4) is 0 Å². The quantitative estimate of drug-likeness (QED) is 0.873. The highest BCUT2D eigenvalue weighted by molar-refractivity contribution is 5.25. The molecule has 1 aromatic heterocycles. The van der Waals surface area contributed by atoms with Crippen LogP contribution in [-0.4, -0.2) is 22.9 Å². The predicted molar refractivity (Wildman–Crippen MR) is 71.4 cm³/mol. The van der Waals surface area contributed by atoms with Gasteiger partial charge in [-0.1, -0.05) is 19.8 Å². The molecule has 3 heteroatoms. The third-order valence-electron chi connectivity index (χ3n) is 4.24. The SMILES string of the molecule is CCc1c(C)nn(C2CCCCC2NC)c1C. The first-order valence-corrected chi connectivity index (χ1v) is 6.90. The molecule has 2 unspecified atom stereocenters. The first-order valence-electron chi connectivity index (χ1n) is 6.90. The van der Waals surface area contributed by atoms with Crippen molar-refractivity contribution in [2.24, 2.45) is 0 Å². The molecular weight excluding hydrogens is 210 g/mol. The van der Waals surface area contributed by atoms with E-state index < -0.39 is 0 Å². The van der Waals surface area contributed by atoms with Gasteiger partial charge in [-0.3, -0.25) is 4.68 Å². The molecule has 0 spiro atoms. The van der Waals surface area contributed by atoms with Crippen LogP contribution in [0.4, 0.5) is 0 Å². The zero-order valence-corrected chi connectivity index (χ0v) is 11.6. The summed E-state index contributed by atoms with van der Waals surface area (Å²) in [7, 11) is 2.08. The van der Waals surface area contributed by atoms with E-state index >= 15 is 0 Å². The lowest BCUT2D eigenvalue weighted by Crippen LogP contribution is -2.38. The Balaban J connectivity index is 2.31. The normalized spacial score (nSPS) is 25.2. The van der Waals surface area contributed by atoms with Crippen LogP contribution < -0.4 is 5.32 Å². The summed E-state index contributed by atoms with van der Waals surface area (Å²) in [4.78, 5) is 0. The maximum atomic E-state index is 4.78. The molecule has 0 radical (unpaired) electrons. The molecule has 2 atom stereocenters. The van der Waals surface area contributed by atoms with E-state index in [1.807, 2.05) is 0 Å². The summed E-state index contributed by atoms with van der Waals surface area (Å²) >= 11 is 0. The average molecular weight is 235 g/mol. The highest BCUT2D eigenvalue weighted by atomic mass is 15.3. The molecule has 0 aliphatic heterocycles. The Bertz CT molecular complexity index is 381. The highest BCUT2D eigenvalue weighted by Crippen LogP contribution is 2.30. The minimum Gasteiger partial charge on any atom is -0.315 e. The van der Waals surface area contributed by atoms with Gasteiger partial charge in [0.2, 0.25) is 0 Å². The third kappa shape index (κ3) is 2.25. The molecule has 17 heavy (non-hydrogen) atoms. The number of rotatable bonds is 3. The van der Waals surface area contributed by atoms with Crippen molar-refractivity contribution in [1.29, 1.82) is 0 Å². The van der Waals surface area contributed by atoms with E-state index in [1.165, 1.54) is 42.6 Å². The van der Waals surface area contributed by atoms with E-state index in [2.05, 4.69) is 37.8 Å². The zero-order chi connectivity index (χ0) is 12.4. The minimum absolute atomic E-state index is 0.549. The number of hydrogen-bond acceptors (Lipinski definition) is 2. The Labute approximate surface area is 105 Å². The van der Waals surface area contributed by atoms with E-state index in [0.29, 0.717) is 12.1 Å². The van der Waals surface area contributed by atoms with Crippen molar-refractivity contribution in [3.05, 3.63) is 17.0 Å². The molecule has 2 rings (SSSR count). The molecule has 0 saturated heterocycles. The molecule has 0 aromatic carbocycles. The fraction of sp³-hybridized carbons (Fsp3) is 0.786. The van der Waals surface area contributed by atoms with Gasteiger partial charge in [0, 0.05) is 11.7 Å². The summed E-state index contributed by atoms with van der Waals surface area (Å²) in [5, 5.41) is 8.25. The number of nitrogens with zero attached hydrogens (tertiary/aromatic N) is 2. The summed E-state index contributed by atoms with van der Waals surface area (Å²) in [6.07, 6.45) is 6.32. The fourth-order valence-corrected chi connectivity index (χ4v) is 3.27. The summed E-state index contributed by atoms with van der Waals surface area (Å²) in [5.41, 5.74) is 4.02. The van der Waals surface area contributed by atoms with Crippen molar-refractivity contribution in [2.75, 3.05) is 7.05 Å². The van der Waals surface area contributed by atoms with Gasteiger partial charge in [0.05, 0.1) is 11.7 Å². The lowest BCUT2D eigenvalue weighted by atomic mass is 9.90. The van der Waals surface area contributed by atoms with Crippen LogP contribution in [0.3, 0.4) is 0 Å². The van der Waals surface area contributed by atoms with Crippen LogP contribution in [0.25, 0.3) is 0 Å². The van der Waals surface area contributed by atoms with E-state index in [9.17, 15) is 0 Å². The number of aryl methyl sites for hydroxylation is 1. The van der Waals surface area contributed by atoms with Gasteiger partial charge in [-0.15, -0.1) is 0 Å². The van der Waals surface area contributed by atoms with E-state index in [1.54, 1.807) is 0 Å². The molecule has 1 fully saturated rings. The monoisotopic (exact) mass is 235 g/mol. The topological polar surface area (TPSA) is 29.9 Å².